The van der Waals surface area contributed by atoms with Gasteiger partial charge in [-0.05, 0) is 24.3 Å². The van der Waals surface area contributed by atoms with Crippen LogP contribution in [0.2, 0.25) is 0 Å². The third-order valence-corrected chi connectivity index (χ3v) is 3.58. The average Bonchev–Trinajstić information content (AvgIpc) is 2.50. The van der Waals surface area contributed by atoms with Crippen molar-refractivity contribution >= 4 is 22.5 Å². The molecule has 0 amide bonds. The third-order valence-electron chi connectivity index (χ3n) is 3.35. The van der Waals surface area contributed by atoms with Crippen molar-refractivity contribution in [3.05, 3.63) is 58.4 Å². The predicted octanol–water partition coefficient (Wildman–Crippen LogP) is 3.79. The van der Waals surface area contributed by atoms with E-state index in [0.717, 1.165) is 12.1 Å². The Morgan fingerprint density at radius 3 is 2.35 bits per heavy atom. The van der Waals surface area contributed by atoms with Gasteiger partial charge in [0, 0.05) is 22.7 Å². The molecule has 0 atom stereocenters. The van der Waals surface area contributed by atoms with E-state index >= 15 is 0 Å². The number of phenolic OH excluding ortho intramolecular Hbond substituents is 1. The minimum Gasteiger partial charge on any atom is -0.507 e. The summed E-state index contributed by atoms with van der Waals surface area (Å²) in [4.78, 5) is 11.9. The topological polar surface area (TPSA) is 55.1 Å². The molecule has 118 valence electrons. The lowest BCUT2D eigenvalue weighted by atomic mass is 10.0. The van der Waals surface area contributed by atoms with E-state index in [9.17, 15) is 23.1 Å². The molecule has 0 aliphatic heterocycles. The van der Waals surface area contributed by atoms with Gasteiger partial charge in [0.2, 0.25) is 0 Å². The SMILES string of the molecule is O=c1c2ccccc2c(-c2ccc(C(F)(F)F)cc2O)nn1Cl. The average molecular weight is 341 g/mol. The van der Waals surface area contributed by atoms with E-state index in [1.165, 1.54) is 6.07 Å². The molecule has 0 bridgehead atoms. The minimum atomic E-state index is -4.57. The lowest BCUT2D eigenvalue weighted by Crippen LogP contribution is -2.16. The Labute approximate surface area is 132 Å². The summed E-state index contributed by atoms with van der Waals surface area (Å²) in [6.45, 7) is 0. The van der Waals surface area contributed by atoms with Crippen LogP contribution in [-0.4, -0.2) is 14.4 Å². The van der Waals surface area contributed by atoms with Gasteiger partial charge in [-0.25, -0.2) is 0 Å². The van der Waals surface area contributed by atoms with Crippen molar-refractivity contribution in [3.8, 4) is 17.0 Å². The summed E-state index contributed by atoms with van der Waals surface area (Å²) >= 11 is 5.73. The first-order valence-corrected chi connectivity index (χ1v) is 6.71. The van der Waals surface area contributed by atoms with Gasteiger partial charge in [-0.1, -0.05) is 18.2 Å². The van der Waals surface area contributed by atoms with Crippen molar-refractivity contribution in [1.29, 1.82) is 0 Å². The number of rotatable bonds is 1. The van der Waals surface area contributed by atoms with Crippen LogP contribution in [0.5, 0.6) is 5.75 Å². The molecule has 0 saturated heterocycles. The first-order valence-electron chi connectivity index (χ1n) is 6.38. The van der Waals surface area contributed by atoms with E-state index in [4.69, 9.17) is 11.8 Å². The van der Waals surface area contributed by atoms with Crippen LogP contribution in [0.15, 0.2) is 47.3 Å². The molecule has 0 radical (unpaired) electrons. The molecule has 3 aromatic rings. The highest BCUT2D eigenvalue weighted by atomic mass is 35.5. The molecule has 0 fully saturated rings. The largest absolute Gasteiger partial charge is 0.507 e. The fourth-order valence-corrected chi connectivity index (χ4v) is 2.44. The van der Waals surface area contributed by atoms with Gasteiger partial charge >= 0.3 is 6.18 Å². The summed E-state index contributed by atoms with van der Waals surface area (Å²) in [6.07, 6.45) is -4.57. The molecule has 3 rings (SSSR count). The summed E-state index contributed by atoms with van der Waals surface area (Å²) in [5.41, 5.74) is -1.38. The van der Waals surface area contributed by atoms with Crippen LogP contribution in [0.4, 0.5) is 13.2 Å². The summed E-state index contributed by atoms with van der Waals surface area (Å²) in [5.74, 6) is -0.604. The highest BCUT2D eigenvalue weighted by molar-refractivity contribution is 6.15. The number of aromatic nitrogens is 2. The molecule has 8 heteroatoms. The molecule has 1 heterocycles. The van der Waals surface area contributed by atoms with Gasteiger partial charge < -0.3 is 5.11 Å². The number of hydrogen-bond donors (Lipinski definition) is 1. The van der Waals surface area contributed by atoms with Crippen LogP contribution in [0, 0.1) is 0 Å². The Morgan fingerprint density at radius 1 is 1.09 bits per heavy atom. The summed E-state index contributed by atoms with van der Waals surface area (Å²) in [7, 11) is 0. The van der Waals surface area contributed by atoms with E-state index in [-0.39, 0.29) is 16.6 Å². The number of phenols is 1. The summed E-state index contributed by atoms with van der Waals surface area (Å²) in [5, 5.41) is 14.4. The van der Waals surface area contributed by atoms with Gasteiger partial charge in [-0.3, -0.25) is 4.79 Å². The molecule has 23 heavy (non-hydrogen) atoms. The van der Waals surface area contributed by atoms with Crippen LogP contribution >= 0.6 is 11.8 Å². The fraction of sp³-hybridized carbons (Fsp3) is 0.0667. The number of aromatic hydroxyl groups is 1. The van der Waals surface area contributed by atoms with Crippen LogP contribution in [-0.2, 0) is 6.18 Å². The van der Waals surface area contributed by atoms with E-state index in [0.29, 0.717) is 15.7 Å². The number of halogens is 4. The molecule has 0 unspecified atom stereocenters. The molecule has 0 saturated carbocycles. The zero-order valence-corrected chi connectivity index (χ0v) is 12.1. The molecular formula is C15H8ClF3N2O2. The standard InChI is InChI=1S/C15H8ClF3N2O2/c16-21-14(23)10-4-2-1-3-9(10)13(20-21)11-6-5-8(7-12(11)22)15(17,18)19/h1-7,22H. The molecule has 1 N–H and O–H groups in total. The van der Waals surface area contributed by atoms with Crippen LogP contribution in [0.3, 0.4) is 0 Å². The van der Waals surface area contributed by atoms with Crippen LogP contribution in [0.1, 0.15) is 5.56 Å². The number of fused-ring (bicyclic) bond motifs is 1. The van der Waals surface area contributed by atoms with E-state index in [2.05, 4.69) is 5.10 Å². The predicted molar refractivity (Wildman–Crippen MR) is 79.4 cm³/mol. The highest BCUT2D eigenvalue weighted by Crippen LogP contribution is 2.37. The van der Waals surface area contributed by atoms with Crippen LogP contribution < -0.4 is 5.56 Å². The first kappa shape index (κ1) is 15.4. The lowest BCUT2D eigenvalue weighted by Gasteiger charge is -2.11. The lowest BCUT2D eigenvalue weighted by molar-refractivity contribution is -0.137. The van der Waals surface area contributed by atoms with Gasteiger partial charge in [0.1, 0.15) is 11.4 Å². The highest BCUT2D eigenvalue weighted by Gasteiger charge is 2.31. The molecule has 4 nitrogen and oxygen atoms in total. The Hall–Kier alpha value is -2.54. The Balaban J connectivity index is 2.30. The molecule has 2 aromatic carbocycles. The van der Waals surface area contributed by atoms with Crippen molar-refractivity contribution in [2.75, 3.05) is 0 Å². The van der Waals surface area contributed by atoms with Gasteiger partial charge in [0.25, 0.3) is 5.56 Å². The Morgan fingerprint density at radius 2 is 1.74 bits per heavy atom. The maximum Gasteiger partial charge on any atom is 0.416 e. The van der Waals surface area contributed by atoms with Crippen molar-refractivity contribution < 1.29 is 18.3 Å². The Bertz CT molecular complexity index is 967. The molecule has 1 aromatic heterocycles. The van der Waals surface area contributed by atoms with Gasteiger partial charge in [-0.15, -0.1) is 4.20 Å². The number of alkyl halides is 3. The minimum absolute atomic E-state index is 0.0450. The second-order valence-electron chi connectivity index (χ2n) is 4.79. The fourth-order valence-electron chi connectivity index (χ4n) is 2.27. The normalized spacial score (nSPS) is 11.8. The quantitative estimate of drug-likeness (QED) is 0.733. The maximum absolute atomic E-state index is 12.7. The second kappa shape index (κ2) is 5.27. The van der Waals surface area contributed by atoms with Gasteiger partial charge in [0.05, 0.1) is 10.9 Å². The number of hydrogen-bond acceptors (Lipinski definition) is 3. The van der Waals surface area contributed by atoms with Crippen molar-refractivity contribution in [1.82, 2.24) is 9.30 Å². The Kier molecular flexibility index (Phi) is 3.52. The summed E-state index contributed by atoms with van der Waals surface area (Å²) < 4.78 is 38.6. The van der Waals surface area contributed by atoms with Gasteiger partial charge in [0.15, 0.2) is 0 Å². The van der Waals surface area contributed by atoms with E-state index in [1.807, 2.05) is 0 Å². The third kappa shape index (κ3) is 2.63. The second-order valence-corrected chi connectivity index (χ2v) is 5.11. The first-order chi connectivity index (χ1) is 10.8. The van der Waals surface area contributed by atoms with E-state index in [1.54, 1.807) is 18.2 Å². The number of benzene rings is 2. The van der Waals surface area contributed by atoms with Crippen molar-refractivity contribution in [2.24, 2.45) is 0 Å². The van der Waals surface area contributed by atoms with Crippen molar-refractivity contribution in [2.45, 2.75) is 6.18 Å². The molecular weight excluding hydrogens is 333 g/mol. The molecule has 0 spiro atoms. The molecule has 0 aliphatic carbocycles. The van der Waals surface area contributed by atoms with Crippen LogP contribution in [0.25, 0.3) is 22.0 Å². The van der Waals surface area contributed by atoms with Gasteiger partial charge in [-0.2, -0.15) is 18.3 Å². The van der Waals surface area contributed by atoms with E-state index < -0.39 is 23.0 Å². The number of nitrogens with zero attached hydrogens (tertiary/aromatic N) is 2. The summed E-state index contributed by atoms with van der Waals surface area (Å²) in [6, 6.07) is 8.89. The smallest absolute Gasteiger partial charge is 0.416 e. The maximum atomic E-state index is 12.7. The zero-order valence-electron chi connectivity index (χ0n) is 11.3. The monoisotopic (exact) mass is 340 g/mol. The van der Waals surface area contributed by atoms with Crippen molar-refractivity contribution in [3.63, 3.8) is 0 Å². The zero-order chi connectivity index (χ0) is 16.8. The molecule has 0 aliphatic rings.